The second-order valence-electron chi connectivity index (χ2n) is 7.01. The molecule has 0 spiro atoms. The van der Waals surface area contributed by atoms with Gasteiger partial charge in [0.2, 0.25) is 5.91 Å². The Balaban J connectivity index is 1.48. The fourth-order valence-electron chi connectivity index (χ4n) is 3.35. The Morgan fingerprint density at radius 2 is 2.18 bits per heavy atom. The average Bonchev–Trinajstić information content (AvgIpc) is 3.35. The summed E-state index contributed by atoms with van der Waals surface area (Å²) in [4.78, 5) is 22.4. The van der Waals surface area contributed by atoms with Gasteiger partial charge in [0, 0.05) is 51.5 Å². The smallest absolute Gasteiger partial charge is 0.222 e. The van der Waals surface area contributed by atoms with Crippen LogP contribution in [0.3, 0.4) is 0 Å². The number of benzene rings is 1. The number of likely N-dealkylation sites (tertiary alicyclic amines) is 1. The number of guanidine groups is 1. The van der Waals surface area contributed by atoms with Crippen molar-refractivity contribution in [1.29, 1.82) is 0 Å². The number of imidazole rings is 1. The number of aromatic nitrogens is 2. The zero-order valence-corrected chi connectivity index (χ0v) is 16.6. The first-order valence-electron chi connectivity index (χ1n) is 10.1. The van der Waals surface area contributed by atoms with Gasteiger partial charge in [0.1, 0.15) is 0 Å². The Kier molecular flexibility index (Phi) is 7.46. The highest BCUT2D eigenvalue weighted by atomic mass is 16.2. The normalized spacial score (nSPS) is 14.5. The van der Waals surface area contributed by atoms with Crippen molar-refractivity contribution in [2.45, 2.75) is 39.3 Å². The van der Waals surface area contributed by atoms with E-state index < -0.39 is 0 Å². The molecule has 7 heteroatoms. The van der Waals surface area contributed by atoms with Gasteiger partial charge in [-0.3, -0.25) is 4.79 Å². The van der Waals surface area contributed by atoms with Gasteiger partial charge in [-0.05, 0) is 30.9 Å². The number of hydrogen-bond donors (Lipinski definition) is 2. The SMILES string of the molecule is CCNC(=NCc1cccc(Cn2ccnc2)c1)NCCCN1CCCC1=O. The van der Waals surface area contributed by atoms with Gasteiger partial charge in [0.15, 0.2) is 5.96 Å². The summed E-state index contributed by atoms with van der Waals surface area (Å²) in [7, 11) is 0. The molecule has 1 saturated heterocycles. The molecule has 0 radical (unpaired) electrons. The third kappa shape index (κ3) is 6.11. The quantitative estimate of drug-likeness (QED) is 0.395. The van der Waals surface area contributed by atoms with Crippen LogP contribution in [-0.2, 0) is 17.9 Å². The molecule has 28 heavy (non-hydrogen) atoms. The van der Waals surface area contributed by atoms with Gasteiger partial charge in [0.25, 0.3) is 0 Å². The van der Waals surface area contributed by atoms with Crippen molar-refractivity contribution in [1.82, 2.24) is 25.1 Å². The molecule has 3 rings (SSSR count). The lowest BCUT2D eigenvalue weighted by Gasteiger charge is -2.16. The third-order valence-corrected chi connectivity index (χ3v) is 4.75. The summed E-state index contributed by atoms with van der Waals surface area (Å²) in [5.41, 5.74) is 2.41. The molecule has 0 saturated carbocycles. The first kappa shape index (κ1) is 19.9. The topological polar surface area (TPSA) is 74.6 Å². The van der Waals surface area contributed by atoms with Gasteiger partial charge in [0.05, 0.1) is 12.9 Å². The number of aliphatic imine (C=N–C) groups is 1. The number of nitrogens with zero attached hydrogens (tertiary/aromatic N) is 4. The van der Waals surface area contributed by atoms with E-state index in [9.17, 15) is 4.79 Å². The highest BCUT2D eigenvalue weighted by Crippen LogP contribution is 2.10. The van der Waals surface area contributed by atoms with Gasteiger partial charge >= 0.3 is 0 Å². The van der Waals surface area contributed by atoms with Crippen molar-refractivity contribution in [3.05, 3.63) is 54.1 Å². The molecule has 1 aliphatic rings. The maximum absolute atomic E-state index is 11.7. The second kappa shape index (κ2) is 10.5. The van der Waals surface area contributed by atoms with E-state index in [1.54, 1.807) is 6.20 Å². The Bertz CT molecular complexity index is 771. The Labute approximate surface area is 166 Å². The molecule has 0 bridgehead atoms. The van der Waals surface area contributed by atoms with E-state index in [4.69, 9.17) is 4.99 Å². The minimum absolute atomic E-state index is 0.288. The largest absolute Gasteiger partial charge is 0.357 e. The van der Waals surface area contributed by atoms with Crippen LogP contribution in [0, 0.1) is 0 Å². The zero-order chi connectivity index (χ0) is 19.6. The van der Waals surface area contributed by atoms with Crippen molar-refractivity contribution >= 4 is 11.9 Å². The number of carbonyl (C=O) groups is 1. The van der Waals surface area contributed by atoms with Crippen molar-refractivity contribution in [2.24, 2.45) is 4.99 Å². The molecule has 1 aromatic heterocycles. The predicted molar refractivity (Wildman–Crippen MR) is 111 cm³/mol. The summed E-state index contributed by atoms with van der Waals surface area (Å²) in [6, 6.07) is 8.48. The van der Waals surface area contributed by atoms with E-state index in [2.05, 4.69) is 51.4 Å². The molecular formula is C21H30N6O. The van der Waals surface area contributed by atoms with Crippen LogP contribution in [0.5, 0.6) is 0 Å². The van der Waals surface area contributed by atoms with Crippen LogP contribution in [0.15, 0.2) is 48.0 Å². The molecule has 1 amide bonds. The van der Waals surface area contributed by atoms with Crippen LogP contribution in [0.1, 0.15) is 37.3 Å². The highest BCUT2D eigenvalue weighted by Gasteiger charge is 2.18. The molecule has 0 aliphatic carbocycles. The lowest BCUT2D eigenvalue weighted by molar-refractivity contribution is -0.127. The predicted octanol–water partition coefficient (Wildman–Crippen LogP) is 2.00. The van der Waals surface area contributed by atoms with Crippen LogP contribution < -0.4 is 10.6 Å². The molecule has 2 aromatic rings. The first-order chi connectivity index (χ1) is 13.7. The van der Waals surface area contributed by atoms with Crippen LogP contribution in [0.2, 0.25) is 0 Å². The highest BCUT2D eigenvalue weighted by molar-refractivity contribution is 5.79. The standard InChI is InChI=1S/C21H30N6O/c1-2-23-21(24-9-5-12-27-11-4-8-20(27)28)25-15-18-6-3-7-19(14-18)16-26-13-10-22-17-26/h3,6-7,10,13-14,17H,2,4-5,8-9,11-12,15-16H2,1H3,(H2,23,24,25). The maximum atomic E-state index is 11.7. The number of amides is 1. The molecule has 150 valence electrons. The van der Waals surface area contributed by atoms with Gasteiger partial charge in [-0.15, -0.1) is 0 Å². The Morgan fingerprint density at radius 1 is 1.29 bits per heavy atom. The number of rotatable bonds is 9. The summed E-state index contributed by atoms with van der Waals surface area (Å²) in [5, 5.41) is 6.66. The fraction of sp³-hybridized carbons (Fsp3) is 0.476. The van der Waals surface area contributed by atoms with Crippen molar-refractivity contribution < 1.29 is 4.79 Å². The van der Waals surface area contributed by atoms with E-state index in [0.29, 0.717) is 13.0 Å². The Morgan fingerprint density at radius 3 is 2.93 bits per heavy atom. The van der Waals surface area contributed by atoms with Crippen molar-refractivity contribution in [3.63, 3.8) is 0 Å². The van der Waals surface area contributed by atoms with Gasteiger partial charge in [-0.25, -0.2) is 9.98 Å². The number of carbonyl (C=O) groups excluding carboxylic acids is 1. The van der Waals surface area contributed by atoms with Gasteiger partial charge in [-0.2, -0.15) is 0 Å². The lowest BCUT2D eigenvalue weighted by Crippen LogP contribution is -2.39. The monoisotopic (exact) mass is 382 g/mol. The zero-order valence-electron chi connectivity index (χ0n) is 16.6. The molecule has 0 atom stereocenters. The van der Waals surface area contributed by atoms with E-state index in [1.807, 2.05) is 17.4 Å². The van der Waals surface area contributed by atoms with E-state index in [1.165, 1.54) is 11.1 Å². The molecule has 0 unspecified atom stereocenters. The summed E-state index contributed by atoms with van der Waals surface area (Å²) < 4.78 is 2.05. The average molecular weight is 383 g/mol. The molecule has 2 N–H and O–H groups in total. The molecule has 2 heterocycles. The van der Waals surface area contributed by atoms with Crippen LogP contribution in [0.25, 0.3) is 0 Å². The summed E-state index contributed by atoms with van der Waals surface area (Å²) in [5.74, 6) is 1.10. The summed E-state index contributed by atoms with van der Waals surface area (Å²) >= 11 is 0. The van der Waals surface area contributed by atoms with Crippen LogP contribution in [-0.4, -0.2) is 52.5 Å². The second-order valence-corrected chi connectivity index (χ2v) is 7.01. The van der Waals surface area contributed by atoms with Gasteiger partial charge in [-0.1, -0.05) is 24.3 Å². The van der Waals surface area contributed by atoms with E-state index in [0.717, 1.165) is 51.5 Å². The lowest BCUT2D eigenvalue weighted by atomic mass is 10.1. The van der Waals surface area contributed by atoms with Crippen LogP contribution in [0.4, 0.5) is 0 Å². The minimum atomic E-state index is 0.288. The molecule has 1 aromatic carbocycles. The number of hydrogen-bond acceptors (Lipinski definition) is 3. The fourth-order valence-corrected chi connectivity index (χ4v) is 3.35. The number of nitrogens with one attached hydrogen (secondary N) is 2. The third-order valence-electron chi connectivity index (χ3n) is 4.75. The molecule has 7 nitrogen and oxygen atoms in total. The molecule has 1 fully saturated rings. The van der Waals surface area contributed by atoms with Crippen molar-refractivity contribution in [2.75, 3.05) is 26.2 Å². The van der Waals surface area contributed by atoms with E-state index in [-0.39, 0.29) is 5.91 Å². The Hall–Kier alpha value is -2.83. The summed E-state index contributed by atoms with van der Waals surface area (Å²) in [6.45, 7) is 6.84. The molecular weight excluding hydrogens is 352 g/mol. The first-order valence-corrected chi connectivity index (χ1v) is 10.1. The van der Waals surface area contributed by atoms with Crippen molar-refractivity contribution in [3.8, 4) is 0 Å². The van der Waals surface area contributed by atoms with Gasteiger partial charge < -0.3 is 20.1 Å². The maximum Gasteiger partial charge on any atom is 0.222 e. The molecule has 1 aliphatic heterocycles. The van der Waals surface area contributed by atoms with E-state index >= 15 is 0 Å². The summed E-state index contributed by atoms with van der Waals surface area (Å²) in [6.07, 6.45) is 8.22. The minimum Gasteiger partial charge on any atom is -0.357 e. The van der Waals surface area contributed by atoms with Crippen LogP contribution >= 0.6 is 0 Å².